The summed E-state index contributed by atoms with van der Waals surface area (Å²) in [5.41, 5.74) is -0.862. The van der Waals surface area contributed by atoms with Crippen LogP contribution in [0.15, 0.2) is 32.4 Å². The Balaban J connectivity index is 1.97. The highest BCUT2D eigenvalue weighted by Gasteiger charge is 2.20. The van der Waals surface area contributed by atoms with Crippen molar-refractivity contribution in [1.82, 2.24) is 24.0 Å². The van der Waals surface area contributed by atoms with E-state index < -0.39 is 11.2 Å². The topological polar surface area (TPSA) is 104 Å². The summed E-state index contributed by atoms with van der Waals surface area (Å²) in [4.78, 5) is 40.7. The van der Waals surface area contributed by atoms with Gasteiger partial charge in [-0.25, -0.2) is 4.79 Å². The van der Waals surface area contributed by atoms with Gasteiger partial charge in [-0.15, -0.1) is 0 Å². The third kappa shape index (κ3) is 2.86. The molecular weight excluding hydrogens is 350 g/mol. The molecule has 0 aliphatic rings. The number of hydrogen-bond donors (Lipinski definition) is 1. The zero-order chi connectivity index (χ0) is 18.3. The van der Waals surface area contributed by atoms with Crippen molar-refractivity contribution < 1.29 is 9.21 Å². The number of halogens is 1. The van der Waals surface area contributed by atoms with E-state index in [1.165, 1.54) is 29.5 Å². The Bertz CT molecular complexity index is 1060. The number of nitrogens with zero attached hydrogens (tertiary/aromatic N) is 4. The first-order chi connectivity index (χ1) is 11.8. The number of aryl methyl sites for hydroxylation is 1. The zero-order valence-corrected chi connectivity index (χ0v) is 14.6. The highest BCUT2D eigenvalue weighted by atomic mass is 35.5. The van der Waals surface area contributed by atoms with Crippen LogP contribution >= 0.6 is 11.6 Å². The number of imidazole rings is 1. The summed E-state index contributed by atoms with van der Waals surface area (Å²) in [5.74, 6) is 0.231. The van der Waals surface area contributed by atoms with Crippen LogP contribution in [0.2, 0.25) is 5.28 Å². The summed E-state index contributed by atoms with van der Waals surface area (Å²) in [6, 6.07) is 3.13. The minimum Gasteiger partial charge on any atom is -0.467 e. The fraction of sp³-hybridized carbons (Fsp3) is 0.333. The van der Waals surface area contributed by atoms with Gasteiger partial charge in [-0.1, -0.05) is 0 Å². The highest BCUT2D eigenvalue weighted by molar-refractivity contribution is 6.29. The van der Waals surface area contributed by atoms with Crippen molar-refractivity contribution in [2.24, 2.45) is 14.1 Å². The fourth-order valence-electron chi connectivity index (χ4n) is 2.60. The molecule has 0 bridgehead atoms. The maximum Gasteiger partial charge on any atom is 0.332 e. The molecule has 3 rings (SSSR count). The van der Waals surface area contributed by atoms with Crippen molar-refractivity contribution in [1.29, 1.82) is 0 Å². The maximum atomic E-state index is 12.4. The van der Waals surface area contributed by atoms with E-state index in [0.29, 0.717) is 5.76 Å². The number of carbonyl (C=O) groups is 1. The number of amides is 1. The zero-order valence-electron chi connectivity index (χ0n) is 13.8. The molecule has 1 amide bonds. The molecule has 0 aliphatic heterocycles. The molecule has 0 fully saturated rings. The monoisotopic (exact) mass is 365 g/mol. The van der Waals surface area contributed by atoms with E-state index in [9.17, 15) is 14.4 Å². The van der Waals surface area contributed by atoms with E-state index in [0.717, 1.165) is 4.57 Å². The Morgan fingerprint density at radius 3 is 2.72 bits per heavy atom. The van der Waals surface area contributed by atoms with Gasteiger partial charge in [0.15, 0.2) is 11.2 Å². The maximum absolute atomic E-state index is 12.4. The van der Waals surface area contributed by atoms with E-state index in [1.807, 2.05) is 0 Å². The standard InChI is InChI=1S/C15H16ClN5O4/c1-8(9-5-4-6-25-9)17-10(22)7-21-11-12(18-14(21)16)19(2)15(24)20(3)13(11)23/h4-6,8H,7H2,1-3H3,(H,17,22). The lowest BCUT2D eigenvalue weighted by molar-refractivity contribution is -0.122. The molecule has 9 nitrogen and oxygen atoms in total. The molecule has 132 valence electrons. The molecule has 1 atom stereocenters. The van der Waals surface area contributed by atoms with Gasteiger partial charge < -0.3 is 9.73 Å². The van der Waals surface area contributed by atoms with Gasteiger partial charge in [0.1, 0.15) is 12.3 Å². The summed E-state index contributed by atoms with van der Waals surface area (Å²) >= 11 is 6.09. The molecule has 0 spiro atoms. The third-order valence-electron chi connectivity index (χ3n) is 3.95. The van der Waals surface area contributed by atoms with Crippen LogP contribution in [0.3, 0.4) is 0 Å². The van der Waals surface area contributed by atoms with Gasteiger partial charge in [-0.05, 0) is 30.7 Å². The quantitative estimate of drug-likeness (QED) is 0.680. The Morgan fingerprint density at radius 2 is 2.08 bits per heavy atom. The minimum absolute atomic E-state index is 0.0471. The summed E-state index contributed by atoms with van der Waals surface area (Å²) in [7, 11) is 2.84. The van der Waals surface area contributed by atoms with Crippen molar-refractivity contribution in [3.05, 3.63) is 50.3 Å². The van der Waals surface area contributed by atoms with E-state index in [1.54, 1.807) is 19.1 Å². The summed E-state index contributed by atoms with van der Waals surface area (Å²) < 4.78 is 8.67. The molecule has 0 aliphatic carbocycles. The Kier molecular flexibility index (Phi) is 4.25. The second-order valence-electron chi connectivity index (χ2n) is 5.65. The van der Waals surface area contributed by atoms with Gasteiger partial charge in [-0.2, -0.15) is 4.98 Å². The number of carbonyl (C=O) groups excluding carboxylic acids is 1. The van der Waals surface area contributed by atoms with Crippen LogP contribution in [-0.4, -0.2) is 24.6 Å². The lowest BCUT2D eigenvalue weighted by Gasteiger charge is -2.12. The van der Waals surface area contributed by atoms with Crippen LogP contribution in [0.5, 0.6) is 0 Å². The molecule has 10 heteroatoms. The molecule has 1 N–H and O–H groups in total. The molecule has 3 aromatic rings. The lowest BCUT2D eigenvalue weighted by Crippen LogP contribution is -2.38. The van der Waals surface area contributed by atoms with Gasteiger partial charge >= 0.3 is 5.69 Å². The Morgan fingerprint density at radius 1 is 1.36 bits per heavy atom. The Hall–Kier alpha value is -2.81. The van der Waals surface area contributed by atoms with Gasteiger partial charge in [0, 0.05) is 14.1 Å². The summed E-state index contributed by atoms with van der Waals surface area (Å²) in [6.45, 7) is 1.56. The minimum atomic E-state index is -0.565. The lowest BCUT2D eigenvalue weighted by atomic mass is 10.2. The molecule has 0 saturated carbocycles. The average Bonchev–Trinajstić information content (AvgIpc) is 3.20. The van der Waals surface area contributed by atoms with Crippen LogP contribution in [-0.2, 0) is 25.4 Å². The largest absolute Gasteiger partial charge is 0.467 e. The van der Waals surface area contributed by atoms with Crippen molar-refractivity contribution in [3.8, 4) is 0 Å². The van der Waals surface area contributed by atoms with Gasteiger partial charge in [-0.3, -0.25) is 23.3 Å². The fourth-order valence-corrected chi connectivity index (χ4v) is 2.83. The highest BCUT2D eigenvalue weighted by Crippen LogP contribution is 2.16. The second kappa shape index (κ2) is 6.25. The molecular formula is C15H16ClN5O4. The number of fused-ring (bicyclic) bond motifs is 1. The van der Waals surface area contributed by atoms with E-state index in [4.69, 9.17) is 16.0 Å². The first-order valence-electron chi connectivity index (χ1n) is 7.45. The Labute approximate surface area is 146 Å². The molecule has 1 unspecified atom stereocenters. The van der Waals surface area contributed by atoms with Crippen LogP contribution in [0.4, 0.5) is 0 Å². The first-order valence-corrected chi connectivity index (χ1v) is 7.83. The van der Waals surface area contributed by atoms with Crippen LogP contribution in [0.1, 0.15) is 18.7 Å². The normalized spacial score (nSPS) is 12.5. The van der Waals surface area contributed by atoms with Gasteiger partial charge in [0.2, 0.25) is 11.2 Å². The van der Waals surface area contributed by atoms with Gasteiger partial charge in [0.05, 0.1) is 12.3 Å². The van der Waals surface area contributed by atoms with Crippen LogP contribution in [0, 0.1) is 0 Å². The number of nitrogens with one attached hydrogen (secondary N) is 1. The van der Waals surface area contributed by atoms with Gasteiger partial charge in [0.25, 0.3) is 5.56 Å². The molecule has 25 heavy (non-hydrogen) atoms. The van der Waals surface area contributed by atoms with Crippen molar-refractivity contribution in [3.63, 3.8) is 0 Å². The number of hydrogen-bond acceptors (Lipinski definition) is 5. The van der Waals surface area contributed by atoms with Crippen molar-refractivity contribution >= 4 is 28.7 Å². The molecule has 0 saturated heterocycles. The van der Waals surface area contributed by atoms with E-state index >= 15 is 0 Å². The van der Waals surface area contributed by atoms with E-state index in [-0.39, 0.29) is 34.9 Å². The van der Waals surface area contributed by atoms with E-state index in [2.05, 4.69) is 10.3 Å². The first kappa shape index (κ1) is 17.0. The average molecular weight is 366 g/mol. The predicted octanol–water partition coefficient (Wildman–Crippen LogP) is 0.557. The third-order valence-corrected chi connectivity index (χ3v) is 4.24. The molecule has 0 aromatic carbocycles. The number of aromatic nitrogens is 4. The van der Waals surface area contributed by atoms with Crippen LogP contribution < -0.4 is 16.6 Å². The summed E-state index contributed by atoms with van der Waals surface area (Å²) in [6.07, 6.45) is 1.52. The molecule has 0 radical (unpaired) electrons. The molecule has 3 heterocycles. The predicted molar refractivity (Wildman–Crippen MR) is 90.5 cm³/mol. The van der Waals surface area contributed by atoms with Crippen molar-refractivity contribution in [2.45, 2.75) is 19.5 Å². The second-order valence-corrected chi connectivity index (χ2v) is 5.99. The smallest absolute Gasteiger partial charge is 0.332 e. The summed E-state index contributed by atoms with van der Waals surface area (Å²) in [5, 5.41) is 2.71. The van der Waals surface area contributed by atoms with Crippen molar-refractivity contribution in [2.75, 3.05) is 0 Å². The van der Waals surface area contributed by atoms with Crippen LogP contribution in [0.25, 0.3) is 11.2 Å². The number of furan rings is 1. The SMILES string of the molecule is CC(NC(=O)Cn1c(Cl)nc2c1c(=O)n(C)c(=O)n2C)c1ccco1. The number of rotatable bonds is 4. The molecule has 3 aromatic heterocycles.